The molecule has 0 aromatic rings. The molecule has 1 unspecified atom stereocenters. The first-order valence-electron chi connectivity index (χ1n) is 21.7. The summed E-state index contributed by atoms with van der Waals surface area (Å²) in [5.74, 6) is 1.63. The van der Waals surface area contributed by atoms with E-state index in [4.69, 9.17) is 9.05 Å². The number of hydrogen-bond donors (Lipinski definition) is 0. The van der Waals surface area contributed by atoms with Gasteiger partial charge in [-0.1, -0.05) is 238 Å². The molecule has 3 nitrogen and oxygen atoms in total. The van der Waals surface area contributed by atoms with Gasteiger partial charge in [0.2, 0.25) is 0 Å². The number of hydrogen-bond acceptors (Lipinski definition) is 3. The van der Waals surface area contributed by atoms with E-state index in [2.05, 4.69) is 6.92 Å². The van der Waals surface area contributed by atoms with Crippen LogP contribution in [-0.4, -0.2) is 13.7 Å². The van der Waals surface area contributed by atoms with Crippen molar-refractivity contribution in [3.8, 4) is 0 Å². The molecule has 0 saturated heterocycles. The molecule has 0 amide bonds. The molecule has 0 aromatic heterocycles. The first-order chi connectivity index (χ1) is 23.2. The highest BCUT2D eigenvalue weighted by molar-refractivity contribution is 7.57. The fourth-order valence-electron chi connectivity index (χ4n) is 6.89. The minimum atomic E-state index is -2.99. The van der Waals surface area contributed by atoms with Crippen molar-refractivity contribution in [1.29, 1.82) is 0 Å². The minimum absolute atomic E-state index is 0.412. The third kappa shape index (κ3) is 38.5. The molecular formula is C43H87O3P. The molecule has 0 aromatic carbocycles. The van der Waals surface area contributed by atoms with Crippen LogP contribution >= 0.6 is 7.60 Å². The summed E-state index contributed by atoms with van der Waals surface area (Å²) in [5, 5.41) is 0. The summed E-state index contributed by atoms with van der Waals surface area (Å²) in [5.41, 5.74) is 0. The summed E-state index contributed by atoms with van der Waals surface area (Å²) >= 11 is 0. The standard InChI is InChI=1S/C43H87O3P/c1-4-6-7-8-9-10-11-12-13-14-15-16-17-18-19-20-21-22-23-24-25-26-27-28-29-30-31-32-33-34-35-36-37-38-39-40-41-42-43-47(44,45-3)46-5-2/h42-43H,4-41H2,1-3H3/b43-42+. The monoisotopic (exact) mass is 683 g/mol. The zero-order valence-corrected chi connectivity index (χ0v) is 33.6. The molecule has 0 N–H and O–H groups in total. The van der Waals surface area contributed by atoms with E-state index in [1.165, 1.54) is 232 Å². The molecule has 0 bridgehead atoms. The Balaban J connectivity index is 3.13. The van der Waals surface area contributed by atoms with Gasteiger partial charge in [-0.15, -0.1) is 0 Å². The fourth-order valence-corrected chi connectivity index (χ4v) is 7.97. The Labute approximate surface area is 297 Å². The van der Waals surface area contributed by atoms with Gasteiger partial charge in [0.25, 0.3) is 0 Å². The lowest BCUT2D eigenvalue weighted by molar-refractivity contribution is 0.253. The van der Waals surface area contributed by atoms with Gasteiger partial charge in [0.1, 0.15) is 0 Å². The maximum absolute atomic E-state index is 12.1. The summed E-state index contributed by atoms with van der Waals surface area (Å²) in [4.78, 5) is 0. The Kier molecular flexibility index (Phi) is 40.2. The summed E-state index contributed by atoms with van der Waals surface area (Å²) in [6, 6.07) is 0. The Morgan fingerprint density at radius 3 is 0.830 bits per heavy atom. The molecule has 0 fully saturated rings. The van der Waals surface area contributed by atoms with Crippen LogP contribution in [0.5, 0.6) is 0 Å². The molecule has 282 valence electrons. The maximum Gasteiger partial charge on any atom is 0.353 e. The zero-order valence-electron chi connectivity index (χ0n) is 32.7. The molecule has 0 radical (unpaired) electrons. The molecule has 0 aliphatic carbocycles. The second-order valence-corrected chi connectivity index (χ2v) is 16.7. The molecule has 4 heteroatoms. The highest BCUT2D eigenvalue weighted by atomic mass is 31.2. The van der Waals surface area contributed by atoms with Gasteiger partial charge in [0.15, 0.2) is 0 Å². The lowest BCUT2D eigenvalue weighted by Gasteiger charge is -2.10. The number of allylic oxidation sites excluding steroid dienone is 1. The highest BCUT2D eigenvalue weighted by Crippen LogP contribution is 2.48. The van der Waals surface area contributed by atoms with Crippen molar-refractivity contribution in [2.45, 2.75) is 251 Å². The highest BCUT2D eigenvalue weighted by Gasteiger charge is 2.16. The quantitative estimate of drug-likeness (QED) is 0.0475. The van der Waals surface area contributed by atoms with Gasteiger partial charge in [-0.3, -0.25) is 4.57 Å². The zero-order chi connectivity index (χ0) is 34.2. The van der Waals surface area contributed by atoms with E-state index in [1.54, 1.807) is 5.82 Å². The van der Waals surface area contributed by atoms with Crippen molar-refractivity contribution in [2.75, 3.05) is 13.7 Å². The molecule has 0 aliphatic heterocycles. The second kappa shape index (κ2) is 40.3. The summed E-state index contributed by atoms with van der Waals surface area (Å²) in [6.45, 7) is 4.56. The van der Waals surface area contributed by atoms with Crippen LogP contribution in [0.3, 0.4) is 0 Å². The Morgan fingerprint density at radius 2 is 0.617 bits per heavy atom. The summed E-state index contributed by atoms with van der Waals surface area (Å²) in [6.07, 6.45) is 54.8. The van der Waals surface area contributed by atoms with Gasteiger partial charge in [0, 0.05) is 12.9 Å². The van der Waals surface area contributed by atoms with Crippen LogP contribution in [0, 0.1) is 0 Å². The number of rotatable bonds is 41. The Bertz CT molecular complexity index is 649. The summed E-state index contributed by atoms with van der Waals surface area (Å²) in [7, 11) is -1.54. The predicted molar refractivity (Wildman–Crippen MR) is 212 cm³/mol. The Hall–Kier alpha value is -0.110. The molecule has 0 aliphatic rings. The summed E-state index contributed by atoms with van der Waals surface area (Å²) < 4.78 is 22.3. The lowest BCUT2D eigenvalue weighted by Crippen LogP contribution is -1.88. The van der Waals surface area contributed by atoms with E-state index in [0.29, 0.717) is 6.61 Å². The van der Waals surface area contributed by atoms with E-state index in [0.717, 1.165) is 12.8 Å². The van der Waals surface area contributed by atoms with Crippen molar-refractivity contribution >= 4 is 7.60 Å². The number of unbranched alkanes of at least 4 members (excludes halogenated alkanes) is 36. The van der Waals surface area contributed by atoms with Gasteiger partial charge in [-0.05, 0) is 19.8 Å². The van der Waals surface area contributed by atoms with Crippen molar-refractivity contribution in [3.05, 3.63) is 11.9 Å². The third-order valence-corrected chi connectivity index (χ3v) is 11.8. The molecule has 47 heavy (non-hydrogen) atoms. The van der Waals surface area contributed by atoms with E-state index >= 15 is 0 Å². The van der Waals surface area contributed by atoms with Crippen LogP contribution < -0.4 is 0 Å². The van der Waals surface area contributed by atoms with Crippen molar-refractivity contribution in [2.24, 2.45) is 0 Å². The topological polar surface area (TPSA) is 35.5 Å². The largest absolute Gasteiger partial charge is 0.353 e. The van der Waals surface area contributed by atoms with Crippen LogP contribution in [0.2, 0.25) is 0 Å². The lowest BCUT2D eigenvalue weighted by atomic mass is 10.0. The van der Waals surface area contributed by atoms with Crippen molar-refractivity contribution in [3.63, 3.8) is 0 Å². The second-order valence-electron chi connectivity index (χ2n) is 14.7. The van der Waals surface area contributed by atoms with E-state index in [-0.39, 0.29) is 0 Å². The van der Waals surface area contributed by atoms with E-state index < -0.39 is 7.60 Å². The molecular weight excluding hydrogens is 595 g/mol. The average Bonchev–Trinajstić information content (AvgIpc) is 3.08. The van der Waals surface area contributed by atoms with Gasteiger partial charge in [0.05, 0.1) is 6.61 Å². The molecule has 1 atom stereocenters. The van der Waals surface area contributed by atoms with Crippen molar-refractivity contribution in [1.82, 2.24) is 0 Å². The minimum Gasteiger partial charge on any atom is -0.309 e. The molecule has 0 saturated carbocycles. The van der Waals surface area contributed by atoms with Crippen molar-refractivity contribution < 1.29 is 13.6 Å². The van der Waals surface area contributed by atoms with Gasteiger partial charge in [-0.2, -0.15) is 0 Å². The van der Waals surface area contributed by atoms with E-state index in [1.807, 2.05) is 13.0 Å². The van der Waals surface area contributed by atoms with Crippen LogP contribution in [0.4, 0.5) is 0 Å². The SMILES string of the molecule is CCCCCCCCCCCCCCCCCCCCCCCCCCCCCCCCCCCCCC/C=C/P(=O)(OC)OCC. The molecule has 0 rings (SSSR count). The smallest absolute Gasteiger partial charge is 0.309 e. The van der Waals surface area contributed by atoms with E-state index in [9.17, 15) is 4.57 Å². The average molecular weight is 683 g/mol. The fraction of sp³-hybridized carbons (Fsp3) is 0.953. The van der Waals surface area contributed by atoms with Gasteiger partial charge in [-0.25, -0.2) is 0 Å². The molecule has 0 spiro atoms. The Morgan fingerprint density at radius 1 is 0.383 bits per heavy atom. The predicted octanol–water partition coefficient (Wildman–Crippen LogP) is 16.8. The maximum atomic E-state index is 12.1. The van der Waals surface area contributed by atoms with Crippen LogP contribution in [0.25, 0.3) is 0 Å². The third-order valence-electron chi connectivity index (χ3n) is 10.1. The normalized spacial score (nSPS) is 13.2. The van der Waals surface area contributed by atoms with Crippen LogP contribution in [0.15, 0.2) is 11.9 Å². The van der Waals surface area contributed by atoms with Gasteiger partial charge < -0.3 is 9.05 Å². The molecule has 0 heterocycles. The van der Waals surface area contributed by atoms with Crippen LogP contribution in [-0.2, 0) is 13.6 Å². The van der Waals surface area contributed by atoms with Gasteiger partial charge >= 0.3 is 7.60 Å². The first-order valence-corrected chi connectivity index (χ1v) is 23.3. The van der Waals surface area contributed by atoms with Crippen LogP contribution in [0.1, 0.15) is 251 Å². The first kappa shape index (κ1) is 46.9.